The van der Waals surface area contributed by atoms with Crippen molar-refractivity contribution in [3.05, 3.63) is 112 Å². The highest BCUT2D eigenvalue weighted by Crippen LogP contribution is 2.33. The van der Waals surface area contributed by atoms with Gasteiger partial charge >= 0.3 is 0 Å². The fourth-order valence-corrected chi connectivity index (χ4v) is 3.73. The number of halogens is 1. The highest BCUT2D eigenvalue weighted by molar-refractivity contribution is 6.30. The number of aromatic nitrogens is 3. The fourth-order valence-electron chi connectivity index (χ4n) is 3.61. The van der Waals surface area contributed by atoms with Crippen molar-refractivity contribution in [2.75, 3.05) is 10.6 Å². The molecule has 0 unspecified atom stereocenters. The number of carbonyl (C=O) groups excluding carboxylic acids is 1. The van der Waals surface area contributed by atoms with Crippen LogP contribution in [0.2, 0.25) is 5.02 Å². The zero-order valence-corrected chi connectivity index (χ0v) is 18.0. The molecule has 1 aliphatic rings. The Balaban J connectivity index is 1.51. The Hall–Kier alpha value is -3.90. The second-order valence-electron chi connectivity index (χ2n) is 7.59. The van der Waals surface area contributed by atoms with Crippen molar-refractivity contribution in [3.8, 4) is 0 Å². The van der Waals surface area contributed by atoms with Gasteiger partial charge in [0.2, 0.25) is 5.95 Å². The number of fused-ring (bicyclic) bond motifs is 1. The average Bonchev–Trinajstić information content (AvgIpc) is 3.22. The summed E-state index contributed by atoms with van der Waals surface area (Å²) < 4.78 is 1.77. The Morgan fingerprint density at radius 1 is 1.00 bits per heavy atom. The van der Waals surface area contributed by atoms with Gasteiger partial charge in [-0.1, -0.05) is 71.8 Å². The van der Waals surface area contributed by atoms with E-state index in [1.165, 1.54) is 5.56 Å². The molecule has 1 aliphatic heterocycles. The first kappa shape index (κ1) is 20.0. The largest absolute Gasteiger partial charge is 0.324 e. The second kappa shape index (κ2) is 8.32. The average molecular weight is 442 g/mol. The van der Waals surface area contributed by atoms with Gasteiger partial charge in [-0.3, -0.25) is 10.1 Å². The molecule has 0 spiro atoms. The van der Waals surface area contributed by atoms with Crippen LogP contribution in [0.15, 0.2) is 84.9 Å². The van der Waals surface area contributed by atoms with Crippen LogP contribution in [0.3, 0.4) is 0 Å². The molecule has 2 N–H and O–H groups in total. The van der Waals surface area contributed by atoms with Crippen molar-refractivity contribution in [1.82, 2.24) is 14.8 Å². The van der Waals surface area contributed by atoms with Crippen molar-refractivity contribution in [1.29, 1.82) is 0 Å². The summed E-state index contributed by atoms with van der Waals surface area (Å²) in [6.45, 7) is 2.06. The van der Waals surface area contributed by atoms with Crippen LogP contribution >= 0.6 is 11.6 Å². The Labute approximate surface area is 190 Å². The Morgan fingerprint density at radius 2 is 1.72 bits per heavy atom. The number of hydrogen-bond acceptors (Lipinski definition) is 4. The molecule has 0 bridgehead atoms. The van der Waals surface area contributed by atoms with Gasteiger partial charge in [0, 0.05) is 16.3 Å². The van der Waals surface area contributed by atoms with E-state index in [1.807, 2.05) is 42.5 Å². The number of nitrogens with zero attached hydrogens (tertiary/aromatic N) is 3. The van der Waals surface area contributed by atoms with Gasteiger partial charge in [-0.25, -0.2) is 4.68 Å². The summed E-state index contributed by atoms with van der Waals surface area (Å²) in [7, 11) is 0. The standard InChI is InChI=1S/C25H20ClN5O/c1-16-7-9-17(10-8-16)21-15-22(18-11-13-20(26)14-12-18)31-25(27-21)29-24(30-31)28-23(32)19-5-3-2-4-6-19/h2-15,22H,1H3,(H2,27,28,29,30,32)/t22-/m1/s1. The van der Waals surface area contributed by atoms with Gasteiger partial charge in [0.1, 0.15) is 6.04 Å². The van der Waals surface area contributed by atoms with Crippen LogP contribution in [0.4, 0.5) is 11.9 Å². The Kier molecular flexibility index (Phi) is 5.21. The smallest absolute Gasteiger partial charge is 0.258 e. The number of carbonyl (C=O) groups is 1. The third-order valence-electron chi connectivity index (χ3n) is 5.30. The summed E-state index contributed by atoms with van der Waals surface area (Å²) >= 11 is 6.10. The summed E-state index contributed by atoms with van der Waals surface area (Å²) in [5.41, 5.74) is 4.70. The van der Waals surface area contributed by atoms with Crippen molar-refractivity contribution in [2.45, 2.75) is 13.0 Å². The SMILES string of the molecule is Cc1ccc(C2=C[C@H](c3ccc(Cl)cc3)n3nc(NC(=O)c4ccccc4)nc3N2)cc1. The third kappa shape index (κ3) is 4.00. The minimum absolute atomic E-state index is 0.213. The number of allylic oxidation sites excluding steroid dienone is 1. The van der Waals surface area contributed by atoms with Gasteiger partial charge < -0.3 is 5.32 Å². The molecule has 32 heavy (non-hydrogen) atoms. The fraction of sp³-hybridized carbons (Fsp3) is 0.0800. The van der Waals surface area contributed by atoms with Crippen molar-refractivity contribution < 1.29 is 4.79 Å². The van der Waals surface area contributed by atoms with Crippen molar-refractivity contribution in [3.63, 3.8) is 0 Å². The zero-order valence-electron chi connectivity index (χ0n) is 17.3. The first-order chi connectivity index (χ1) is 15.6. The van der Waals surface area contributed by atoms with Crippen LogP contribution in [0.5, 0.6) is 0 Å². The van der Waals surface area contributed by atoms with Gasteiger partial charge in [-0.05, 0) is 48.4 Å². The number of benzene rings is 3. The molecular weight excluding hydrogens is 422 g/mol. The lowest BCUT2D eigenvalue weighted by atomic mass is 10.0. The van der Waals surface area contributed by atoms with E-state index in [-0.39, 0.29) is 17.9 Å². The molecule has 0 radical (unpaired) electrons. The van der Waals surface area contributed by atoms with E-state index >= 15 is 0 Å². The molecule has 0 fully saturated rings. The maximum absolute atomic E-state index is 12.6. The number of nitrogens with one attached hydrogen (secondary N) is 2. The lowest BCUT2D eigenvalue weighted by molar-refractivity contribution is 0.102. The second-order valence-corrected chi connectivity index (χ2v) is 8.03. The van der Waals surface area contributed by atoms with E-state index in [0.717, 1.165) is 16.8 Å². The van der Waals surface area contributed by atoms with Crippen LogP contribution in [0.25, 0.3) is 5.70 Å². The molecule has 6 nitrogen and oxygen atoms in total. The molecule has 1 amide bonds. The molecule has 5 rings (SSSR count). The summed E-state index contributed by atoms with van der Waals surface area (Å²) in [5.74, 6) is 0.522. The summed E-state index contributed by atoms with van der Waals surface area (Å²) in [6, 6.07) is 24.7. The van der Waals surface area contributed by atoms with Gasteiger partial charge in [0.15, 0.2) is 0 Å². The molecule has 7 heteroatoms. The summed E-state index contributed by atoms with van der Waals surface area (Å²) in [4.78, 5) is 17.1. The van der Waals surface area contributed by atoms with E-state index < -0.39 is 0 Å². The maximum Gasteiger partial charge on any atom is 0.258 e. The van der Waals surface area contributed by atoms with Crippen LogP contribution in [-0.4, -0.2) is 20.7 Å². The number of hydrogen-bond donors (Lipinski definition) is 2. The van der Waals surface area contributed by atoms with Crippen molar-refractivity contribution in [2.24, 2.45) is 0 Å². The van der Waals surface area contributed by atoms with Gasteiger partial charge in [0.05, 0.1) is 0 Å². The maximum atomic E-state index is 12.6. The van der Waals surface area contributed by atoms with Crippen LogP contribution in [0.1, 0.15) is 33.1 Å². The third-order valence-corrected chi connectivity index (χ3v) is 5.55. The minimum atomic E-state index is -0.261. The number of rotatable bonds is 4. The van der Waals surface area contributed by atoms with Gasteiger partial charge in [-0.2, -0.15) is 4.98 Å². The molecule has 4 aromatic rings. The molecule has 0 aliphatic carbocycles. The first-order valence-electron chi connectivity index (χ1n) is 10.2. The lowest BCUT2D eigenvalue weighted by Crippen LogP contribution is -2.20. The molecule has 3 aromatic carbocycles. The molecule has 0 saturated heterocycles. The minimum Gasteiger partial charge on any atom is -0.324 e. The highest BCUT2D eigenvalue weighted by atomic mass is 35.5. The monoisotopic (exact) mass is 441 g/mol. The molecular formula is C25H20ClN5O. The van der Waals surface area contributed by atoms with E-state index in [1.54, 1.807) is 16.8 Å². The van der Waals surface area contributed by atoms with E-state index in [9.17, 15) is 4.79 Å². The predicted octanol–water partition coefficient (Wildman–Crippen LogP) is 5.55. The molecule has 0 saturated carbocycles. The normalized spacial score (nSPS) is 14.8. The van der Waals surface area contributed by atoms with E-state index in [4.69, 9.17) is 11.6 Å². The molecule has 158 valence electrons. The zero-order chi connectivity index (χ0) is 22.1. The first-order valence-corrected chi connectivity index (χ1v) is 10.6. The van der Waals surface area contributed by atoms with Crippen LogP contribution in [0, 0.1) is 6.92 Å². The quantitative estimate of drug-likeness (QED) is 0.435. The Bertz CT molecular complexity index is 1290. The van der Waals surface area contributed by atoms with E-state index in [0.29, 0.717) is 16.5 Å². The summed E-state index contributed by atoms with van der Waals surface area (Å²) in [6.07, 6.45) is 2.10. The summed E-state index contributed by atoms with van der Waals surface area (Å²) in [5, 5.41) is 11.4. The molecule has 2 heterocycles. The molecule has 1 atom stereocenters. The van der Waals surface area contributed by atoms with Gasteiger partial charge in [-0.15, -0.1) is 5.10 Å². The lowest BCUT2D eigenvalue weighted by Gasteiger charge is -2.24. The molecule has 1 aromatic heterocycles. The van der Waals surface area contributed by atoms with Gasteiger partial charge in [0.25, 0.3) is 11.9 Å². The highest BCUT2D eigenvalue weighted by Gasteiger charge is 2.26. The van der Waals surface area contributed by atoms with Crippen LogP contribution in [-0.2, 0) is 0 Å². The number of anilines is 2. The van der Waals surface area contributed by atoms with Crippen molar-refractivity contribution >= 4 is 35.1 Å². The topological polar surface area (TPSA) is 71.8 Å². The number of aryl methyl sites for hydroxylation is 1. The number of amides is 1. The van der Waals surface area contributed by atoms with Crippen LogP contribution < -0.4 is 10.6 Å². The Morgan fingerprint density at radius 3 is 2.44 bits per heavy atom. The predicted molar refractivity (Wildman–Crippen MR) is 127 cm³/mol. The van der Waals surface area contributed by atoms with E-state index in [2.05, 4.69) is 58.0 Å².